The first-order chi connectivity index (χ1) is 9.20. The van der Waals surface area contributed by atoms with E-state index in [4.69, 9.17) is 11.6 Å². The molecule has 0 aliphatic rings. The largest absolute Gasteiger partial charge is 0.391 e. The third kappa shape index (κ3) is 3.82. The first-order valence-corrected chi connectivity index (χ1v) is 7.03. The minimum atomic E-state index is -0.319. The van der Waals surface area contributed by atoms with E-state index in [1.165, 1.54) is 0 Å². The van der Waals surface area contributed by atoms with Crippen LogP contribution in [0, 0.1) is 0 Å². The van der Waals surface area contributed by atoms with Gasteiger partial charge in [-0.15, -0.1) is 0 Å². The lowest BCUT2D eigenvalue weighted by molar-refractivity contribution is 0.142. The Morgan fingerprint density at radius 2 is 2.05 bits per heavy atom. The summed E-state index contributed by atoms with van der Waals surface area (Å²) < 4.78 is 1.99. The molecule has 102 valence electrons. The molecular weight excluding hydrogens is 260 g/mol. The predicted octanol–water partition coefficient (Wildman–Crippen LogP) is 3.75. The molecule has 0 bridgehead atoms. The van der Waals surface area contributed by atoms with Crippen molar-refractivity contribution < 1.29 is 5.11 Å². The average Bonchev–Trinajstić information content (AvgIpc) is 2.85. The van der Waals surface area contributed by atoms with Gasteiger partial charge in [-0.3, -0.25) is 0 Å². The smallest absolute Gasteiger partial charge is 0.139 e. The fraction of sp³-hybridized carbons (Fsp3) is 0.400. The van der Waals surface area contributed by atoms with Crippen molar-refractivity contribution in [2.45, 2.75) is 38.8 Å². The van der Waals surface area contributed by atoms with Gasteiger partial charge in [0.1, 0.15) is 5.82 Å². The molecule has 0 spiro atoms. The number of benzene rings is 1. The van der Waals surface area contributed by atoms with Crippen LogP contribution in [0.3, 0.4) is 0 Å². The molecule has 0 saturated carbocycles. The zero-order valence-corrected chi connectivity index (χ0v) is 11.8. The van der Waals surface area contributed by atoms with Crippen LogP contribution in [-0.4, -0.2) is 20.8 Å². The van der Waals surface area contributed by atoms with Crippen molar-refractivity contribution in [3.8, 4) is 11.4 Å². The third-order valence-electron chi connectivity index (χ3n) is 3.12. The highest BCUT2D eigenvalue weighted by Gasteiger charge is 2.10. The number of aliphatic hydroxyl groups excluding tert-OH is 1. The summed E-state index contributed by atoms with van der Waals surface area (Å²) in [6.45, 7) is 2.71. The van der Waals surface area contributed by atoms with Gasteiger partial charge >= 0.3 is 0 Å². The van der Waals surface area contributed by atoms with E-state index in [2.05, 4.69) is 11.9 Å². The molecule has 4 heteroatoms. The fourth-order valence-electron chi connectivity index (χ4n) is 2.07. The van der Waals surface area contributed by atoms with E-state index in [-0.39, 0.29) is 6.10 Å². The highest BCUT2D eigenvalue weighted by Crippen LogP contribution is 2.20. The number of halogens is 1. The van der Waals surface area contributed by atoms with Crippen LogP contribution in [0.5, 0.6) is 0 Å². The van der Waals surface area contributed by atoms with Gasteiger partial charge in [0, 0.05) is 23.0 Å². The third-order valence-corrected chi connectivity index (χ3v) is 3.37. The Morgan fingerprint density at radius 1 is 1.32 bits per heavy atom. The van der Waals surface area contributed by atoms with Gasteiger partial charge in [0.05, 0.1) is 12.6 Å². The Kier molecular flexibility index (Phi) is 5.00. The van der Waals surface area contributed by atoms with Crippen LogP contribution in [-0.2, 0) is 6.54 Å². The quantitative estimate of drug-likeness (QED) is 0.874. The number of unbranched alkanes of at least 4 members (excludes halogenated alkanes) is 1. The van der Waals surface area contributed by atoms with E-state index in [0.717, 1.165) is 30.7 Å². The average molecular weight is 279 g/mol. The van der Waals surface area contributed by atoms with Crippen LogP contribution < -0.4 is 0 Å². The number of aromatic nitrogens is 2. The molecular formula is C15H19ClN2O. The molecule has 1 aromatic carbocycles. The number of hydrogen-bond acceptors (Lipinski definition) is 2. The van der Waals surface area contributed by atoms with Crippen LogP contribution in [0.2, 0.25) is 5.02 Å². The molecule has 0 saturated heterocycles. The summed E-state index contributed by atoms with van der Waals surface area (Å²) >= 11 is 5.89. The van der Waals surface area contributed by atoms with Gasteiger partial charge in [0.15, 0.2) is 0 Å². The van der Waals surface area contributed by atoms with E-state index in [1.807, 2.05) is 35.0 Å². The van der Waals surface area contributed by atoms with Gasteiger partial charge in [-0.05, 0) is 30.7 Å². The van der Waals surface area contributed by atoms with Gasteiger partial charge in [0.2, 0.25) is 0 Å². The molecule has 2 rings (SSSR count). The zero-order chi connectivity index (χ0) is 13.7. The molecule has 2 aromatic rings. The molecule has 1 unspecified atom stereocenters. The summed E-state index contributed by atoms with van der Waals surface area (Å²) in [5, 5.41) is 10.7. The maximum atomic E-state index is 10.00. The molecule has 0 amide bonds. The summed E-state index contributed by atoms with van der Waals surface area (Å²) in [5.74, 6) is 0.868. The molecule has 0 aliphatic carbocycles. The fourth-order valence-corrected chi connectivity index (χ4v) is 2.20. The number of aliphatic hydroxyl groups is 1. The number of nitrogens with zero attached hydrogens (tertiary/aromatic N) is 2. The SMILES string of the molecule is CCCCC(O)Cn1ccnc1-c1ccc(Cl)cc1. The van der Waals surface area contributed by atoms with Crippen molar-refractivity contribution in [3.63, 3.8) is 0 Å². The number of imidazole rings is 1. The van der Waals surface area contributed by atoms with Gasteiger partial charge in [-0.25, -0.2) is 4.98 Å². The normalized spacial score (nSPS) is 12.6. The molecule has 1 N–H and O–H groups in total. The summed E-state index contributed by atoms with van der Waals surface area (Å²) in [6.07, 6.45) is 6.32. The molecule has 0 aliphatic heterocycles. The minimum absolute atomic E-state index is 0.319. The molecule has 1 heterocycles. The monoisotopic (exact) mass is 278 g/mol. The molecule has 1 aromatic heterocycles. The predicted molar refractivity (Wildman–Crippen MR) is 78.2 cm³/mol. The van der Waals surface area contributed by atoms with E-state index < -0.39 is 0 Å². The van der Waals surface area contributed by atoms with Crippen molar-refractivity contribution in [2.24, 2.45) is 0 Å². The number of hydrogen-bond donors (Lipinski definition) is 1. The van der Waals surface area contributed by atoms with Crippen LogP contribution in [0.15, 0.2) is 36.7 Å². The first kappa shape index (κ1) is 14.1. The maximum Gasteiger partial charge on any atom is 0.139 e. The van der Waals surface area contributed by atoms with Gasteiger partial charge < -0.3 is 9.67 Å². The topological polar surface area (TPSA) is 38.0 Å². The van der Waals surface area contributed by atoms with Crippen LogP contribution >= 0.6 is 11.6 Å². The van der Waals surface area contributed by atoms with E-state index in [0.29, 0.717) is 11.6 Å². The van der Waals surface area contributed by atoms with Crippen LogP contribution in [0.1, 0.15) is 26.2 Å². The number of rotatable bonds is 6. The Bertz CT molecular complexity index is 507. The Labute approximate surface area is 118 Å². The summed E-state index contributed by atoms with van der Waals surface area (Å²) in [7, 11) is 0. The summed E-state index contributed by atoms with van der Waals surface area (Å²) in [4.78, 5) is 4.36. The second-order valence-electron chi connectivity index (χ2n) is 4.71. The van der Waals surface area contributed by atoms with Gasteiger partial charge in [0.25, 0.3) is 0 Å². The Balaban J connectivity index is 2.11. The maximum absolute atomic E-state index is 10.00. The van der Waals surface area contributed by atoms with Crippen LogP contribution in [0.25, 0.3) is 11.4 Å². The molecule has 19 heavy (non-hydrogen) atoms. The standard InChI is InChI=1S/C15H19ClN2O/c1-2-3-4-14(19)11-18-10-9-17-15(18)12-5-7-13(16)8-6-12/h5-10,14,19H,2-4,11H2,1H3. The van der Waals surface area contributed by atoms with E-state index >= 15 is 0 Å². The van der Waals surface area contributed by atoms with Crippen molar-refractivity contribution in [1.82, 2.24) is 9.55 Å². The molecule has 3 nitrogen and oxygen atoms in total. The van der Waals surface area contributed by atoms with Crippen molar-refractivity contribution >= 4 is 11.6 Å². The molecule has 0 radical (unpaired) electrons. The molecule has 0 fully saturated rings. The van der Waals surface area contributed by atoms with Crippen LogP contribution in [0.4, 0.5) is 0 Å². The van der Waals surface area contributed by atoms with Crippen molar-refractivity contribution in [2.75, 3.05) is 0 Å². The van der Waals surface area contributed by atoms with Gasteiger partial charge in [-0.2, -0.15) is 0 Å². The summed E-state index contributed by atoms with van der Waals surface area (Å²) in [5.41, 5.74) is 1.01. The van der Waals surface area contributed by atoms with Crippen molar-refractivity contribution in [1.29, 1.82) is 0 Å². The second-order valence-corrected chi connectivity index (χ2v) is 5.14. The second kappa shape index (κ2) is 6.73. The Hall–Kier alpha value is -1.32. The lowest BCUT2D eigenvalue weighted by Gasteiger charge is -2.13. The van der Waals surface area contributed by atoms with Crippen molar-refractivity contribution in [3.05, 3.63) is 41.7 Å². The highest BCUT2D eigenvalue weighted by molar-refractivity contribution is 6.30. The Morgan fingerprint density at radius 3 is 2.74 bits per heavy atom. The van der Waals surface area contributed by atoms with E-state index in [1.54, 1.807) is 6.20 Å². The van der Waals surface area contributed by atoms with E-state index in [9.17, 15) is 5.11 Å². The van der Waals surface area contributed by atoms with Gasteiger partial charge in [-0.1, -0.05) is 31.4 Å². The molecule has 1 atom stereocenters. The first-order valence-electron chi connectivity index (χ1n) is 6.66. The zero-order valence-electron chi connectivity index (χ0n) is 11.1. The lowest BCUT2D eigenvalue weighted by Crippen LogP contribution is -2.16. The highest BCUT2D eigenvalue weighted by atomic mass is 35.5. The lowest BCUT2D eigenvalue weighted by atomic mass is 10.1. The summed E-state index contributed by atoms with van der Waals surface area (Å²) in [6, 6.07) is 7.59. The minimum Gasteiger partial charge on any atom is -0.391 e.